The topological polar surface area (TPSA) is 37.3 Å². The van der Waals surface area contributed by atoms with Crippen LogP contribution in [0, 0.1) is 5.82 Å². The van der Waals surface area contributed by atoms with Crippen molar-refractivity contribution in [2.75, 3.05) is 0 Å². The number of halogens is 2. The second-order valence-corrected chi connectivity index (χ2v) is 4.01. The molecule has 0 atom stereocenters. The van der Waals surface area contributed by atoms with Gasteiger partial charge in [0.05, 0.1) is 10.6 Å². The second-order valence-electron chi connectivity index (χ2n) is 2.68. The Morgan fingerprint density at radius 3 is 2.93 bits per heavy atom. The van der Waals surface area contributed by atoms with Crippen LogP contribution in [0.5, 0.6) is 0 Å². The van der Waals surface area contributed by atoms with Crippen molar-refractivity contribution >= 4 is 39.0 Å². The highest BCUT2D eigenvalue weighted by Crippen LogP contribution is 2.32. The Balaban J connectivity index is 2.93. The van der Waals surface area contributed by atoms with Gasteiger partial charge >= 0.3 is 5.97 Å². The van der Waals surface area contributed by atoms with Gasteiger partial charge in [-0.2, -0.15) is 0 Å². The highest BCUT2D eigenvalue weighted by molar-refractivity contribution is 7.17. The number of carboxylic acids is 1. The van der Waals surface area contributed by atoms with Gasteiger partial charge in [-0.1, -0.05) is 11.6 Å². The molecule has 0 spiro atoms. The molecular weight excluding hydrogens is 227 g/mol. The molecule has 1 aromatic heterocycles. The molecule has 0 unspecified atom stereocenters. The number of carboxylic acid groups (broad SMARTS) is 1. The van der Waals surface area contributed by atoms with Crippen LogP contribution in [-0.4, -0.2) is 11.1 Å². The van der Waals surface area contributed by atoms with Crippen LogP contribution in [0.25, 0.3) is 10.1 Å². The third-order valence-corrected chi connectivity index (χ3v) is 3.10. The summed E-state index contributed by atoms with van der Waals surface area (Å²) in [5.74, 6) is -1.91. The molecule has 0 aliphatic carbocycles. The molecule has 0 amide bonds. The second kappa shape index (κ2) is 3.22. The van der Waals surface area contributed by atoms with Crippen molar-refractivity contribution < 1.29 is 14.3 Å². The van der Waals surface area contributed by atoms with E-state index in [-0.39, 0.29) is 10.6 Å². The van der Waals surface area contributed by atoms with Crippen LogP contribution < -0.4 is 0 Å². The Bertz CT molecular complexity index is 521. The average Bonchev–Trinajstić information content (AvgIpc) is 2.52. The molecular formula is C9H4ClFO2S. The maximum atomic E-state index is 13.2. The van der Waals surface area contributed by atoms with Gasteiger partial charge in [-0.3, -0.25) is 0 Å². The summed E-state index contributed by atoms with van der Waals surface area (Å²) in [6.45, 7) is 0. The summed E-state index contributed by atoms with van der Waals surface area (Å²) in [7, 11) is 0. The number of rotatable bonds is 1. The number of thiophene rings is 1. The summed E-state index contributed by atoms with van der Waals surface area (Å²) < 4.78 is 13.7. The molecule has 1 aromatic carbocycles. The Kier molecular flexibility index (Phi) is 2.17. The summed E-state index contributed by atoms with van der Waals surface area (Å²) in [5.41, 5.74) is -0.164. The molecule has 1 heterocycles. The zero-order valence-corrected chi connectivity index (χ0v) is 8.32. The van der Waals surface area contributed by atoms with E-state index in [4.69, 9.17) is 16.7 Å². The minimum absolute atomic E-state index is 0.164. The predicted octanol–water partition coefficient (Wildman–Crippen LogP) is 3.39. The van der Waals surface area contributed by atoms with Crippen LogP contribution in [0.4, 0.5) is 4.39 Å². The minimum Gasteiger partial charge on any atom is -0.478 e. The standard InChI is InChI=1S/C9H4ClFO2S/c10-8-5(11)3-6-4(1-2-14-6)7(8)9(12)13/h1-3H,(H,12,13). The number of fused-ring (bicyclic) bond motifs is 1. The van der Waals surface area contributed by atoms with Crippen molar-refractivity contribution in [2.45, 2.75) is 0 Å². The van der Waals surface area contributed by atoms with E-state index in [1.807, 2.05) is 0 Å². The van der Waals surface area contributed by atoms with Gasteiger partial charge in [0.1, 0.15) is 5.82 Å². The SMILES string of the molecule is O=C(O)c1c(Cl)c(F)cc2sccc12. The van der Waals surface area contributed by atoms with E-state index in [9.17, 15) is 9.18 Å². The molecule has 0 bridgehead atoms. The maximum absolute atomic E-state index is 13.2. The lowest BCUT2D eigenvalue weighted by Crippen LogP contribution is -1.99. The number of carbonyl (C=O) groups is 1. The van der Waals surface area contributed by atoms with Crippen molar-refractivity contribution in [1.82, 2.24) is 0 Å². The number of aromatic carboxylic acids is 1. The van der Waals surface area contributed by atoms with Gasteiger partial charge in [-0.25, -0.2) is 9.18 Å². The fourth-order valence-electron chi connectivity index (χ4n) is 1.26. The van der Waals surface area contributed by atoms with E-state index < -0.39 is 11.8 Å². The lowest BCUT2D eigenvalue weighted by molar-refractivity contribution is 0.0699. The Hall–Kier alpha value is -1.13. The quantitative estimate of drug-likeness (QED) is 0.815. The summed E-state index contributed by atoms with van der Waals surface area (Å²) in [6.07, 6.45) is 0. The largest absolute Gasteiger partial charge is 0.478 e. The van der Waals surface area contributed by atoms with Gasteiger partial charge < -0.3 is 5.11 Å². The van der Waals surface area contributed by atoms with Crippen molar-refractivity contribution in [3.8, 4) is 0 Å². The van der Waals surface area contributed by atoms with Crippen LogP contribution in [0.3, 0.4) is 0 Å². The Labute approximate surface area is 87.5 Å². The lowest BCUT2D eigenvalue weighted by Gasteiger charge is -2.01. The molecule has 1 N–H and O–H groups in total. The molecule has 0 radical (unpaired) electrons. The van der Waals surface area contributed by atoms with E-state index in [2.05, 4.69) is 0 Å². The zero-order chi connectivity index (χ0) is 10.3. The molecule has 0 fully saturated rings. The summed E-state index contributed by atoms with van der Waals surface area (Å²) >= 11 is 6.85. The summed E-state index contributed by atoms with van der Waals surface area (Å²) in [6, 6.07) is 2.86. The van der Waals surface area contributed by atoms with E-state index in [0.29, 0.717) is 10.1 Å². The minimum atomic E-state index is -1.21. The van der Waals surface area contributed by atoms with Gasteiger partial charge in [-0.05, 0) is 17.5 Å². The fourth-order valence-corrected chi connectivity index (χ4v) is 2.32. The van der Waals surface area contributed by atoms with Crippen molar-refractivity contribution in [1.29, 1.82) is 0 Å². The van der Waals surface area contributed by atoms with Crippen molar-refractivity contribution in [3.05, 3.63) is 33.9 Å². The highest BCUT2D eigenvalue weighted by Gasteiger charge is 2.17. The molecule has 72 valence electrons. The van der Waals surface area contributed by atoms with Gasteiger partial charge in [-0.15, -0.1) is 11.3 Å². The third-order valence-electron chi connectivity index (χ3n) is 1.87. The van der Waals surface area contributed by atoms with E-state index >= 15 is 0 Å². The first kappa shape index (κ1) is 9.43. The van der Waals surface area contributed by atoms with E-state index in [1.165, 1.54) is 17.4 Å². The average molecular weight is 231 g/mol. The fraction of sp³-hybridized carbons (Fsp3) is 0. The third kappa shape index (κ3) is 1.27. The molecule has 0 saturated heterocycles. The van der Waals surface area contributed by atoms with E-state index in [1.54, 1.807) is 11.4 Å². The molecule has 0 saturated carbocycles. The van der Waals surface area contributed by atoms with Gasteiger partial charge in [0, 0.05) is 10.1 Å². The summed E-state index contributed by atoms with van der Waals surface area (Å²) in [5, 5.41) is 10.7. The van der Waals surface area contributed by atoms with Crippen LogP contribution in [0.1, 0.15) is 10.4 Å². The van der Waals surface area contributed by atoms with Crippen LogP contribution in [0.2, 0.25) is 5.02 Å². The molecule has 2 aromatic rings. The van der Waals surface area contributed by atoms with Gasteiger partial charge in [0.2, 0.25) is 0 Å². The predicted molar refractivity (Wildman–Crippen MR) is 53.8 cm³/mol. The van der Waals surface area contributed by atoms with Crippen molar-refractivity contribution in [2.24, 2.45) is 0 Å². The van der Waals surface area contributed by atoms with Gasteiger partial charge in [0.15, 0.2) is 0 Å². The molecule has 0 aliphatic rings. The molecule has 5 heteroatoms. The molecule has 2 nitrogen and oxygen atoms in total. The first-order valence-electron chi connectivity index (χ1n) is 3.69. The van der Waals surface area contributed by atoms with E-state index in [0.717, 1.165) is 0 Å². The lowest BCUT2D eigenvalue weighted by atomic mass is 10.1. The molecule has 0 aliphatic heterocycles. The smallest absolute Gasteiger partial charge is 0.337 e. The van der Waals surface area contributed by atoms with Gasteiger partial charge in [0.25, 0.3) is 0 Å². The molecule has 14 heavy (non-hydrogen) atoms. The Morgan fingerprint density at radius 2 is 2.29 bits per heavy atom. The number of hydrogen-bond acceptors (Lipinski definition) is 2. The number of benzene rings is 1. The van der Waals surface area contributed by atoms with Crippen LogP contribution in [-0.2, 0) is 0 Å². The first-order valence-corrected chi connectivity index (χ1v) is 4.95. The summed E-state index contributed by atoms with van der Waals surface area (Å²) in [4.78, 5) is 10.8. The molecule has 2 rings (SSSR count). The number of hydrogen-bond donors (Lipinski definition) is 1. The zero-order valence-electron chi connectivity index (χ0n) is 6.75. The van der Waals surface area contributed by atoms with Crippen molar-refractivity contribution in [3.63, 3.8) is 0 Å². The van der Waals surface area contributed by atoms with Crippen LogP contribution >= 0.6 is 22.9 Å². The highest BCUT2D eigenvalue weighted by atomic mass is 35.5. The first-order chi connectivity index (χ1) is 6.61. The normalized spacial score (nSPS) is 10.7. The monoisotopic (exact) mass is 230 g/mol. The Morgan fingerprint density at radius 1 is 1.57 bits per heavy atom. The maximum Gasteiger partial charge on any atom is 0.337 e. The van der Waals surface area contributed by atoms with Crippen LogP contribution in [0.15, 0.2) is 17.5 Å².